The molecule has 0 amide bonds. The maximum atomic E-state index is 5.96. The molecule has 1 rings (SSSR count). The molecule has 0 aromatic carbocycles. The number of aliphatic imine (C=N–C) groups is 1. The minimum atomic E-state index is 0.197. The Balaban J connectivity index is 2.33. The number of rotatable bonds is 2. The monoisotopic (exact) mass is 168 g/mol. The van der Waals surface area contributed by atoms with E-state index in [2.05, 4.69) is 11.9 Å². The fourth-order valence-corrected chi connectivity index (χ4v) is 1.96. The van der Waals surface area contributed by atoms with E-state index in [1.807, 2.05) is 6.21 Å². The van der Waals surface area contributed by atoms with E-state index in [-0.39, 0.29) is 6.04 Å². The molecule has 0 aromatic rings. The minimum absolute atomic E-state index is 0.197. The summed E-state index contributed by atoms with van der Waals surface area (Å²) in [5.74, 6) is 1.59. The first-order valence-electron chi connectivity index (χ1n) is 4.92. The van der Waals surface area contributed by atoms with Crippen molar-refractivity contribution >= 4 is 6.21 Å². The summed E-state index contributed by atoms with van der Waals surface area (Å²) in [6.45, 7) is 2.33. The molecule has 1 aliphatic carbocycles. The van der Waals surface area contributed by atoms with Gasteiger partial charge in [-0.05, 0) is 24.7 Å². The van der Waals surface area contributed by atoms with E-state index < -0.39 is 0 Å². The summed E-state index contributed by atoms with van der Waals surface area (Å²) in [5.41, 5.74) is 5.96. The standard InChI is InChI=1S/C10H20N2/c1-8-3-5-9(6-4-8)10(11)7-12-2/h7-10H,3-6,11H2,1-2H3/b12-7-. The van der Waals surface area contributed by atoms with Crippen molar-refractivity contribution in [2.24, 2.45) is 22.6 Å². The molecule has 0 spiro atoms. The SMILES string of the molecule is C/N=C\C(N)C1CCC(C)CC1. The zero-order valence-corrected chi connectivity index (χ0v) is 8.16. The van der Waals surface area contributed by atoms with Crippen molar-refractivity contribution in [1.29, 1.82) is 0 Å². The van der Waals surface area contributed by atoms with Gasteiger partial charge in [0.15, 0.2) is 0 Å². The van der Waals surface area contributed by atoms with Gasteiger partial charge in [-0.1, -0.05) is 19.8 Å². The van der Waals surface area contributed by atoms with Crippen molar-refractivity contribution in [3.05, 3.63) is 0 Å². The van der Waals surface area contributed by atoms with E-state index in [4.69, 9.17) is 5.73 Å². The van der Waals surface area contributed by atoms with E-state index >= 15 is 0 Å². The van der Waals surface area contributed by atoms with Crippen molar-refractivity contribution < 1.29 is 0 Å². The first-order chi connectivity index (χ1) is 5.74. The predicted octanol–water partition coefficient (Wildman–Crippen LogP) is 1.84. The van der Waals surface area contributed by atoms with Crippen LogP contribution >= 0.6 is 0 Å². The molecule has 12 heavy (non-hydrogen) atoms. The molecule has 0 heterocycles. The fourth-order valence-electron chi connectivity index (χ4n) is 1.96. The Bertz CT molecular complexity index is 146. The van der Waals surface area contributed by atoms with Gasteiger partial charge in [0, 0.05) is 19.3 Å². The lowest BCUT2D eigenvalue weighted by atomic mass is 9.80. The van der Waals surface area contributed by atoms with Gasteiger partial charge in [-0.3, -0.25) is 4.99 Å². The minimum Gasteiger partial charge on any atom is -0.323 e. The van der Waals surface area contributed by atoms with Gasteiger partial charge in [-0.15, -0.1) is 0 Å². The largest absolute Gasteiger partial charge is 0.323 e. The Morgan fingerprint density at radius 3 is 2.42 bits per heavy atom. The van der Waals surface area contributed by atoms with E-state index in [0.29, 0.717) is 5.92 Å². The molecule has 0 saturated heterocycles. The molecule has 70 valence electrons. The Morgan fingerprint density at radius 2 is 1.92 bits per heavy atom. The van der Waals surface area contributed by atoms with Gasteiger partial charge >= 0.3 is 0 Å². The predicted molar refractivity (Wildman–Crippen MR) is 53.5 cm³/mol. The lowest BCUT2D eigenvalue weighted by Gasteiger charge is -2.28. The van der Waals surface area contributed by atoms with Crippen LogP contribution in [0.5, 0.6) is 0 Å². The average molecular weight is 168 g/mol. The third kappa shape index (κ3) is 2.59. The van der Waals surface area contributed by atoms with Crippen molar-refractivity contribution in [3.63, 3.8) is 0 Å². The van der Waals surface area contributed by atoms with Gasteiger partial charge in [-0.25, -0.2) is 0 Å². The van der Waals surface area contributed by atoms with Gasteiger partial charge in [0.2, 0.25) is 0 Å². The quantitative estimate of drug-likeness (QED) is 0.628. The molecule has 1 saturated carbocycles. The number of nitrogens with zero attached hydrogens (tertiary/aromatic N) is 1. The lowest BCUT2D eigenvalue weighted by molar-refractivity contribution is 0.281. The molecule has 2 heteroatoms. The maximum absolute atomic E-state index is 5.96. The van der Waals surface area contributed by atoms with Crippen LogP contribution in [0.15, 0.2) is 4.99 Å². The first-order valence-corrected chi connectivity index (χ1v) is 4.92. The van der Waals surface area contributed by atoms with Crippen LogP contribution in [0.3, 0.4) is 0 Å². The Labute approximate surface area is 75.3 Å². The van der Waals surface area contributed by atoms with Crippen LogP contribution in [-0.4, -0.2) is 19.3 Å². The van der Waals surface area contributed by atoms with Crippen LogP contribution in [0.2, 0.25) is 0 Å². The van der Waals surface area contributed by atoms with Gasteiger partial charge in [0.1, 0.15) is 0 Å². The van der Waals surface area contributed by atoms with Crippen molar-refractivity contribution in [2.75, 3.05) is 7.05 Å². The fraction of sp³-hybridized carbons (Fsp3) is 0.900. The molecule has 2 N–H and O–H groups in total. The van der Waals surface area contributed by atoms with Gasteiger partial charge in [0.25, 0.3) is 0 Å². The van der Waals surface area contributed by atoms with Gasteiger partial charge in [0.05, 0.1) is 0 Å². The van der Waals surface area contributed by atoms with Crippen LogP contribution in [0.25, 0.3) is 0 Å². The first kappa shape index (κ1) is 9.72. The smallest absolute Gasteiger partial charge is 0.0423 e. The maximum Gasteiger partial charge on any atom is 0.0423 e. The molecular weight excluding hydrogens is 148 g/mol. The molecule has 0 bridgehead atoms. The summed E-state index contributed by atoms with van der Waals surface area (Å²) >= 11 is 0. The Kier molecular flexibility index (Phi) is 3.73. The van der Waals surface area contributed by atoms with Crippen LogP contribution in [0.4, 0.5) is 0 Å². The van der Waals surface area contributed by atoms with Crippen LogP contribution in [-0.2, 0) is 0 Å². The lowest BCUT2D eigenvalue weighted by Crippen LogP contribution is -2.34. The molecule has 1 atom stereocenters. The van der Waals surface area contributed by atoms with Crippen molar-refractivity contribution in [2.45, 2.75) is 38.6 Å². The van der Waals surface area contributed by atoms with Crippen LogP contribution in [0, 0.1) is 11.8 Å². The molecule has 0 radical (unpaired) electrons. The highest BCUT2D eigenvalue weighted by atomic mass is 14.7. The van der Waals surface area contributed by atoms with Crippen molar-refractivity contribution in [3.8, 4) is 0 Å². The van der Waals surface area contributed by atoms with E-state index in [0.717, 1.165) is 5.92 Å². The average Bonchev–Trinajstić information content (AvgIpc) is 2.06. The molecule has 2 nitrogen and oxygen atoms in total. The third-order valence-corrected chi connectivity index (χ3v) is 2.93. The highest BCUT2D eigenvalue weighted by Gasteiger charge is 2.22. The summed E-state index contributed by atoms with van der Waals surface area (Å²) < 4.78 is 0. The van der Waals surface area contributed by atoms with E-state index in [1.54, 1.807) is 7.05 Å². The van der Waals surface area contributed by atoms with Crippen molar-refractivity contribution in [1.82, 2.24) is 0 Å². The molecule has 0 aliphatic heterocycles. The van der Waals surface area contributed by atoms with E-state index in [1.165, 1.54) is 25.7 Å². The summed E-state index contributed by atoms with van der Waals surface area (Å²) in [4.78, 5) is 3.98. The van der Waals surface area contributed by atoms with Crippen LogP contribution in [0.1, 0.15) is 32.6 Å². The summed E-state index contributed by atoms with van der Waals surface area (Å²) in [7, 11) is 1.80. The zero-order valence-electron chi connectivity index (χ0n) is 8.16. The topological polar surface area (TPSA) is 38.4 Å². The number of hydrogen-bond donors (Lipinski definition) is 1. The molecule has 1 aliphatic rings. The molecule has 1 fully saturated rings. The van der Waals surface area contributed by atoms with Gasteiger partial charge < -0.3 is 5.73 Å². The molecule has 1 unspecified atom stereocenters. The normalized spacial score (nSPS) is 33.9. The van der Waals surface area contributed by atoms with Crippen LogP contribution < -0.4 is 5.73 Å². The highest BCUT2D eigenvalue weighted by molar-refractivity contribution is 5.64. The Hall–Kier alpha value is -0.370. The molecular formula is C10H20N2. The second-order valence-electron chi connectivity index (χ2n) is 4.00. The van der Waals surface area contributed by atoms with Gasteiger partial charge in [-0.2, -0.15) is 0 Å². The number of nitrogens with two attached hydrogens (primary N) is 1. The Morgan fingerprint density at radius 1 is 1.33 bits per heavy atom. The zero-order chi connectivity index (χ0) is 8.97. The number of hydrogen-bond acceptors (Lipinski definition) is 2. The summed E-state index contributed by atoms with van der Waals surface area (Å²) in [5, 5.41) is 0. The molecule has 0 aromatic heterocycles. The second kappa shape index (κ2) is 4.61. The second-order valence-corrected chi connectivity index (χ2v) is 4.00. The summed E-state index contributed by atoms with van der Waals surface area (Å²) in [6.07, 6.45) is 7.15. The highest BCUT2D eigenvalue weighted by Crippen LogP contribution is 2.29. The van der Waals surface area contributed by atoms with E-state index in [9.17, 15) is 0 Å². The summed E-state index contributed by atoms with van der Waals surface area (Å²) in [6, 6.07) is 0.197. The third-order valence-electron chi connectivity index (χ3n) is 2.93.